The fraction of sp³-hybridized carbons (Fsp3) is 0.261. The van der Waals surface area contributed by atoms with Crippen LogP contribution in [0.25, 0.3) is 0 Å². The van der Waals surface area contributed by atoms with Crippen LogP contribution in [0.15, 0.2) is 77.6 Å². The molecule has 1 aliphatic heterocycles. The van der Waals surface area contributed by atoms with Crippen molar-refractivity contribution in [2.45, 2.75) is 31.3 Å². The average molecular weight is 382 g/mol. The van der Waals surface area contributed by atoms with Crippen molar-refractivity contribution in [3.05, 3.63) is 95.3 Å². The maximum Gasteiger partial charge on any atom is 0.123 e. The molecule has 3 atom stereocenters. The molecule has 1 heterocycles. The largest absolute Gasteiger partial charge is 0.364 e. The van der Waals surface area contributed by atoms with Crippen LogP contribution in [-0.2, 0) is 6.42 Å². The number of halogens is 3. The van der Waals surface area contributed by atoms with Crippen LogP contribution < -0.4 is 5.32 Å². The Bertz CT molecular complexity index is 962. The molecule has 0 amide bonds. The van der Waals surface area contributed by atoms with Crippen molar-refractivity contribution < 1.29 is 13.2 Å². The molecule has 1 aliphatic carbocycles. The molecule has 5 heteroatoms. The summed E-state index contributed by atoms with van der Waals surface area (Å²) in [6.45, 7) is 1.97. The highest BCUT2D eigenvalue weighted by molar-refractivity contribution is 5.87. The maximum atomic E-state index is 14.0. The van der Waals surface area contributed by atoms with E-state index in [1.807, 2.05) is 19.1 Å². The summed E-state index contributed by atoms with van der Waals surface area (Å²) in [5.74, 6) is -0.231. The van der Waals surface area contributed by atoms with E-state index in [9.17, 15) is 13.2 Å². The predicted molar refractivity (Wildman–Crippen MR) is 105 cm³/mol. The minimum absolute atomic E-state index is 0.163. The molecule has 0 bridgehead atoms. The molecule has 2 aromatic carbocycles. The molecule has 0 radical (unpaired) electrons. The zero-order valence-corrected chi connectivity index (χ0v) is 15.5. The van der Waals surface area contributed by atoms with Gasteiger partial charge in [0, 0.05) is 18.8 Å². The molecule has 0 saturated heterocycles. The Morgan fingerprint density at radius 2 is 1.86 bits per heavy atom. The van der Waals surface area contributed by atoms with Gasteiger partial charge in [-0.25, -0.2) is 13.2 Å². The van der Waals surface area contributed by atoms with Crippen molar-refractivity contribution in [2.24, 2.45) is 10.9 Å². The molecule has 0 spiro atoms. The first-order valence-electron chi connectivity index (χ1n) is 9.32. The molecule has 4 rings (SSSR count). The highest BCUT2D eigenvalue weighted by atomic mass is 19.1. The van der Waals surface area contributed by atoms with E-state index in [0.29, 0.717) is 6.42 Å². The van der Waals surface area contributed by atoms with Gasteiger partial charge in [0.25, 0.3) is 0 Å². The summed E-state index contributed by atoms with van der Waals surface area (Å²) in [5.41, 5.74) is 1.01. The maximum absolute atomic E-state index is 14.0. The number of aliphatic imine (C=N–C) groups is 1. The third kappa shape index (κ3) is 3.61. The first-order chi connectivity index (χ1) is 13.4. The zero-order valence-electron chi connectivity index (χ0n) is 15.5. The van der Waals surface area contributed by atoms with Gasteiger partial charge in [0.1, 0.15) is 23.3 Å². The van der Waals surface area contributed by atoms with Gasteiger partial charge in [0.15, 0.2) is 0 Å². The number of benzene rings is 2. The molecule has 144 valence electrons. The van der Waals surface area contributed by atoms with Crippen LogP contribution in [0.1, 0.15) is 30.5 Å². The standard InChI is InChI=1S/C23H21F3N2/c1-23(17-5-3-7-20(26)14-17)22(16-4-2-6-19(25)13-16)27-21(28-23)12-15-8-10-18(24)11-9-15/h2-11,13,17,22H,12,14H2,1H3,(H,27,28)/t17?,22-,23+/m1/s1. The molecule has 0 aromatic heterocycles. The van der Waals surface area contributed by atoms with Gasteiger partial charge in [-0.15, -0.1) is 0 Å². The van der Waals surface area contributed by atoms with Crippen LogP contribution in [0.2, 0.25) is 0 Å². The molecule has 1 N–H and O–H groups in total. The Morgan fingerprint density at radius 3 is 2.57 bits per heavy atom. The van der Waals surface area contributed by atoms with Gasteiger partial charge >= 0.3 is 0 Å². The quantitative estimate of drug-likeness (QED) is 0.748. The van der Waals surface area contributed by atoms with Crippen LogP contribution in [-0.4, -0.2) is 11.4 Å². The van der Waals surface area contributed by atoms with Crippen molar-refractivity contribution in [3.63, 3.8) is 0 Å². The van der Waals surface area contributed by atoms with Crippen molar-refractivity contribution in [1.29, 1.82) is 0 Å². The van der Waals surface area contributed by atoms with Crippen molar-refractivity contribution in [2.75, 3.05) is 0 Å². The lowest BCUT2D eigenvalue weighted by molar-refractivity contribution is 0.283. The van der Waals surface area contributed by atoms with Crippen molar-refractivity contribution >= 4 is 5.84 Å². The minimum Gasteiger partial charge on any atom is -0.364 e. The van der Waals surface area contributed by atoms with Gasteiger partial charge in [0.2, 0.25) is 0 Å². The predicted octanol–water partition coefficient (Wildman–Crippen LogP) is 5.44. The fourth-order valence-electron chi connectivity index (χ4n) is 4.03. The van der Waals surface area contributed by atoms with E-state index in [0.717, 1.165) is 17.0 Å². The van der Waals surface area contributed by atoms with Gasteiger partial charge in [0.05, 0.1) is 11.6 Å². The van der Waals surface area contributed by atoms with E-state index in [1.165, 1.54) is 30.3 Å². The van der Waals surface area contributed by atoms with E-state index < -0.39 is 5.54 Å². The van der Waals surface area contributed by atoms with Gasteiger partial charge < -0.3 is 5.32 Å². The minimum atomic E-state index is -0.675. The van der Waals surface area contributed by atoms with Gasteiger partial charge in [-0.05, 0) is 48.4 Å². The average Bonchev–Trinajstić information content (AvgIpc) is 3.01. The number of hydrogen-bond donors (Lipinski definition) is 1. The molecule has 28 heavy (non-hydrogen) atoms. The van der Waals surface area contributed by atoms with Gasteiger partial charge in [-0.3, -0.25) is 4.99 Å². The van der Waals surface area contributed by atoms with E-state index in [2.05, 4.69) is 5.32 Å². The highest BCUT2D eigenvalue weighted by Gasteiger charge is 2.46. The van der Waals surface area contributed by atoms with Crippen LogP contribution in [0.4, 0.5) is 13.2 Å². The molecular weight excluding hydrogens is 361 g/mol. The third-order valence-corrected chi connectivity index (χ3v) is 5.52. The topological polar surface area (TPSA) is 24.4 Å². The molecule has 0 saturated carbocycles. The summed E-state index contributed by atoms with van der Waals surface area (Å²) in [7, 11) is 0. The Morgan fingerprint density at radius 1 is 1.07 bits per heavy atom. The smallest absolute Gasteiger partial charge is 0.123 e. The van der Waals surface area contributed by atoms with Crippen LogP contribution in [0, 0.1) is 17.6 Å². The summed E-state index contributed by atoms with van der Waals surface area (Å²) in [6, 6.07) is 12.4. The van der Waals surface area contributed by atoms with Crippen molar-refractivity contribution in [1.82, 2.24) is 5.32 Å². The number of nitrogens with zero attached hydrogens (tertiary/aromatic N) is 1. The van der Waals surface area contributed by atoms with E-state index in [1.54, 1.807) is 24.3 Å². The second-order valence-electron chi connectivity index (χ2n) is 7.53. The lowest BCUT2D eigenvalue weighted by Crippen LogP contribution is -2.40. The van der Waals surface area contributed by atoms with Gasteiger partial charge in [-0.1, -0.05) is 36.4 Å². The monoisotopic (exact) mass is 382 g/mol. The Kier molecular flexibility index (Phi) is 4.84. The lowest BCUT2D eigenvalue weighted by Gasteiger charge is -2.36. The second-order valence-corrected chi connectivity index (χ2v) is 7.53. The van der Waals surface area contributed by atoms with Crippen LogP contribution in [0.5, 0.6) is 0 Å². The SMILES string of the molecule is C[C@@]1(C2C=CC=C(F)C2)N=C(Cc2ccc(F)cc2)N[C@@H]1c1cccc(F)c1. The second kappa shape index (κ2) is 7.30. The molecular formula is C23H21F3N2. The molecule has 2 aliphatic rings. The highest BCUT2D eigenvalue weighted by Crippen LogP contribution is 2.44. The summed E-state index contributed by atoms with van der Waals surface area (Å²) in [4.78, 5) is 4.93. The van der Waals surface area contributed by atoms with E-state index >= 15 is 0 Å². The van der Waals surface area contributed by atoms with Crippen LogP contribution >= 0.6 is 0 Å². The molecule has 1 unspecified atom stereocenters. The summed E-state index contributed by atoms with van der Waals surface area (Å²) < 4.78 is 41.0. The lowest BCUT2D eigenvalue weighted by atomic mass is 9.75. The summed E-state index contributed by atoms with van der Waals surface area (Å²) >= 11 is 0. The van der Waals surface area contributed by atoms with Crippen LogP contribution in [0.3, 0.4) is 0 Å². The molecule has 0 fully saturated rings. The summed E-state index contributed by atoms with van der Waals surface area (Å²) in [6.07, 6.45) is 5.89. The van der Waals surface area contributed by atoms with E-state index in [-0.39, 0.29) is 35.8 Å². The van der Waals surface area contributed by atoms with Gasteiger partial charge in [-0.2, -0.15) is 0 Å². The normalized spacial score (nSPS) is 26.6. The number of allylic oxidation sites excluding steroid dienone is 3. The molecule has 2 aromatic rings. The fourth-order valence-corrected chi connectivity index (χ4v) is 4.03. The Hall–Kier alpha value is -2.82. The first-order valence-corrected chi connectivity index (χ1v) is 9.32. The van der Waals surface area contributed by atoms with Crippen molar-refractivity contribution in [3.8, 4) is 0 Å². The number of amidine groups is 1. The van der Waals surface area contributed by atoms with E-state index in [4.69, 9.17) is 4.99 Å². The number of rotatable bonds is 4. The Balaban J connectivity index is 1.68. The first kappa shape index (κ1) is 18.5. The molecule has 2 nitrogen and oxygen atoms in total. The third-order valence-electron chi connectivity index (χ3n) is 5.52. The zero-order chi connectivity index (χ0) is 19.7. The summed E-state index contributed by atoms with van der Waals surface area (Å²) in [5, 5.41) is 3.41. The number of hydrogen-bond acceptors (Lipinski definition) is 2. The number of nitrogens with one attached hydrogen (secondary N) is 1. The Labute approximate surface area is 162 Å².